The number of nitrogens with zero attached hydrogens (tertiary/aromatic N) is 2. The minimum absolute atomic E-state index is 0.383. The van der Waals surface area contributed by atoms with Crippen molar-refractivity contribution in [2.75, 3.05) is 0 Å². The first kappa shape index (κ1) is 17.1. The summed E-state index contributed by atoms with van der Waals surface area (Å²) in [6, 6.07) is 15.5. The van der Waals surface area contributed by atoms with E-state index in [-0.39, 0.29) is 0 Å². The zero-order chi connectivity index (χ0) is 17.1. The molecule has 0 heterocycles. The third-order valence-electron chi connectivity index (χ3n) is 3.77. The lowest BCUT2D eigenvalue weighted by molar-refractivity contribution is 0.340. The summed E-state index contributed by atoms with van der Waals surface area (Å²) in [5.74, 6) is 0. The fourth-order valence-corrected chi connectivity index (χ4v) is 4.06. The topological polar surface area (TPSA) is 93.7 Å². The zero-order valence-electron chi connectivity index (χ0n) is 12.8. The van der Waals surface area contributed by atoms with E-state index in [1.165, 1.54) is 0 Å². The van der Waals surface area contributed by atoms with Gasteiger partial charge in [-0.1, -0.05) is 48.5 Å². The Bertz CT molecular complexity index is 788. The largest absolute Gasteiger partial charge is 0.362 e. The maximum Gasteiger partial charge on any atom is 0.362 e. The molecule has 118 valence electrons. The van der Waals surface area contributed by atoms with E-state index in [2.05, 4.69) is 4.99 Å². The van der Waals surface area contributed by atoms with Crippen LogP contribution in [0.25, 0.3) is 0 Å². The van der Waals surface area contributed by atoms with Gasteiger partial charge in [0.2, 0.25) is 5.28 Å². The Morgan fingerprint density at radius 3 is 1.83 bits per heavy atom. The highest BCUT2D eigenvalue weighted by molar-refractivity contribution is 7.53. The number of aryl methyl sites for hydroxylation is 2. The number of aliphatic imine (C=N–C) groups is 1. The van der Waals surface area contributed by atoms with Crippen LogP contribution < -0.4 is 0 Å². The second-order valence-corrected chi connectivity index (χ2v) is 6.97. The molecule has 0 aliphatic heterocycles. The predicted octanol–water partition coefficient (Wildman–Crippen LogP) is 3.28. The average molecular weight is 328 g/mol. The molecule has 23 heavy (non-hydrogen) atoms. The van der Waals surface area contributed by atoms with Crippen molar-refractivity contribution in [3.8, 4) is 6.07 Å². The monoisotopic (exact) mass is 328 g/mol. The molecule has 2 aromatic carbocycles. The van der Waals surface area contributed by atoms with Gasteiger partial charge in [-0.2, -0.15) is 5.26 Å². The van der Waals surface area contributed by atoms with Gasteiger partial charge in [-0.25, -0.2) is 0 Å². The van der Waals surface area contributed by atoms with Crippen LogP contribution in [0.5, 0.6) is 0 Å². The molecule has 2 aromatic rings. The fourth-order valence-electron chi connectivity index (χ4n) is 2.72. The van der Waals surface area contributed by atoms with Crippen LogP contribution in [0, 0.1) is 25.2 Å². The molecular formula is C17H17N2O3P. The molecule has 0 radical (unpaired) electrons. The van der Waals surface area contributed by atoms with Gasteiger partial charge in [0.1, 0.15) is 12.3 Å². The van der Waals surface area contributed by atoms with Crippen molar-refractivity contribution in [2.45, 2.75) is 19.1 Å². The zero-order valence-corrected chi connectivity index (χ0v) is 13.7. The third-order valence-corrected chi connectivity index (χ3v) is 5.21. The van der Waals surface area contributed by atoms with Crippen LogP contribution in [-0.2, 0) is 9.85 Å². The van der Waals surface area contributed by atoms with Gasteiger partial charge < -0.3 is 9.79 Å². The van der Waals surface area contributed by atoms with E-state index < -0.39 is 12.9 Å². The molecule has 2 N–H and O–H groups in total. The van der Waals surface area contributed by atoms with E-state index in [1.807, 2.05) is 0 Å². The Kier molecular flexibility index (Phi) is 4.82. The smallest absolute Gasteiger partial charge is 0.322 e. The standard InChI is InChI=1S/C17H17N2O3P/c1-13-7-3-5-9-15(13)17(19-12-11-18,23(20,21)22)16-10-6-4-8-14(16)2/h3-10,12H,1-2H3,(H2,20,21,22)/b19-12+. The molecular weight excluding hydrogens is 311 g/mol. The molecule has 0 aliphatic carbocycles. The van der Waals surface area contributed by atoms with E-state index in [9.17, 15) is 14.4 Å². The first-order valence-corrected chi connectivity index (χ1v) is 8.57. The lowest BCUT2D eigenvalue weighted by Gasteiger charge is -2.33. The number of benzene rings is 2. The summed E-state index contributed by atoms with van der Waals surface area (Å²) >= 11 is 0. The summed E-state index contributed by atoms with van der Waals surface area (Å²) in [5.41, 5.74) is 2.15. The van der Waals surface area contributed by atoms with E-state index in [1.54, 1.807) is 68.4 Å². The van der Waals surface area contributed by atoms with Gasteiger partial charge in [-0.15, -0.1) is 0 Å². The van der Waals surface area contributed by atoms with Crippen molar-refractivity contribution >= 4 is 13.8 Å². The third kappa shape index (κ3) is 2.97. The Labute approximate surface area is 135 Å². The van der Waals surface area contributed by atoms with E-state index in [4.69, 9.17) is 5.26 Å². The molecule has 0 fully saturated rings. The molecule has 2 rings (SSSR count). The summed E-state index contributed by atoms with van der Waals surface area (Å²) in [7, 11) is -4.78. The van der Waals surface area contributed by atoms with Crippen LogP contribution in [-0.4, -0.2) is 16.0 Å². The number of nitriles is 1. The van der Waals surface area contributed by atoms with E-state index in [0.29, 0.717) is 22.3 Å². The first-order chi connectivity index (χ1) is 10.8. The van der Waals surface area contributed by atoms with Crippen molar-refractivity contribution in [1.82, 2.24) is 0 Å². The lowest BCUT2D eigenvalue weighted by Crippen LogP contribution is -2.28. The highest BCUT2D eigenvalue weighted by Gasteiger charge is 2.51. The molecule has 0 saturated heterocycles. The molecule has 0 saturated carbocycles. The fraction of sp³-hybridized carbons (Fsp3) is 0.176. The van der Waals surface area contributed by atoms with Gasteiger partial charge >= 0.3 is 7.60 Å². The quantitative estimate of drug-likeness (QED) is 0.665. The van der Waals surface area contributed by atoms with Gasteiger partial charge in [0.15, 0.2) is 0 Å². The predicted molar refractivity (Wildman–Crippen MR) is 89.3 cm³/mol. The summed E-state index contributed by atoms with van der Waals surface area (Å²) in [5, 5.41) is 6.94. The van der Waals surface area contributed by atoms with Crippen molar-refractivity contribution in [1.29, 1.82) is 5.26 Å². The van der Waals surface area contributed by atoms with Crippen LogP contribution in [0.15, 0.2) is 53.5 Å². The van der Waals surface area contributed by atoms with E-state index in [0.717, 1.165) is 6.21 Å². The van der Waals surface area contributed by atoms with Crippen LogP contribution in [0.4, 0.5) is 0 Å². The van der Waals surface area contributed by atoms with E-state index >= 15 is 0 Å². The Morgan fingerprint density at radius 2 is 1.48 bits per heavy atom. The van der Waals surface area contributed by atoms with Gasteiger partial charge in [0.05, 0.1) is 0 Å². The van der Waals surface area contributed by atoms with Gasteiger partial charge in [-0.05, 0) is 36.1 Å². The second-order valence-electron chi connectivity index (χ2n) is 5.23. The Morgan fingerprint density at radius 1 is 1.04 bits per heavy atom. The van der Waals surface area contributed by atoms with Gasteiger partial charge in [-0.3, -0.25) is 9.56 Å². The first-order valence-electron chi connectivity index (χ1n) is 6.95. The highest BCUT2D eigenvalue weighted by Crippen LogP contribution is 2.62. The maximum absolute atomic E-state index is 12.5. The van der Waals surface area contributed by atoms with Crippen molar-refractivity contribution < 1.29 is 14.4 Å². The molecule has 5 nitrogen and oxygen atoms in total. The molecule has 0 unspecified atom stereocenters. The van der Waals surface area contributed by atoms with Crippen molar-refractivity contribution in [2.24, 2.45) is 4.99 Å². The van der Waals surface area contributed by atoms with Crippen LogP contribution in [0.2, 0.25) is 0 Å². The van der Waals surface area contributed by atoms with Crippen LogP contribution >= 0.6 is 7.60 Å². The van der Waals surface area contributed by atoms with Crippen LogP contribution in [0.1, 0.15) is 22.3 Å². The molecule has 0 aliphatic rings. The Balaban J connectivity index is 2.97. The SMILES string of the molecule is Cc1ccccc1C(/N=C/C#N)(c1ccccc1C)P(=O)(O)O. The molecule has 0 aromatic heterocycles. The number of rotatable bonds is 4. The molecule has 0 spiro atoms. The summed E-state index contributed by atoms with van der Waals surface area (Å²) in [6.45, 7) is 3.53. The highest BCUT2D eigenvalue weighted by atomic mass is 31.2. The second kappa shape index (κ2) is 6.47. The summed E-state index contributed by atoms with van der Waals surface area (Å²) in [6.07, 6.45) is 0.887. The number of hydrogen-bond acceptors (Lipinski definition) is 3. The van der Waals surface area contributed by atoms with Crippen molar-refractivity contribution in [3.63, 3.8) is 0 Å². The van der Waals surface area contributed by atoms with Gasteiger partial charge in [0.25, 0.3) is 0 Å². The summed E-state index contributed by atoms with van der Waals surface area (Å²) < 4.78 is 12.5. The number of hydrogen-bond donors (Lipinski definition) is 2. The van der Waals surface area contributed by atoms with Gasteiger partial charge in [0, 0.05) is 0 Å². The normalized spacial score (nSPS) is 12.3. The lowest BCUT2D eigenvalue weighted by atomic mass is 9.92. The summed E-state index contributed by atoms with van der Waals surface area (Å²) in [4.78, 5) is 24.5. The van der Waals surface area contributed by atoms with Crippen molar-refractivity contribution in [3.05, 3.63) is 70.8 Å². The maximum atomic E-state index is 12.5. The van der Waals surface area contributed by atoms with Crippen LogP contribution in [0.3, 0.4) is 0 Å². The Hall–Kier alpha value is -2.25. The minimum Gasteiger partial charge on any atom is -0.322 e. The average Bonchev–Trinajstić information content (AvgIpc) is 2.49. The molecule has 0 atom stereocenters. The molecule has 0 amide bonds. The minimum atomic E-state index is -4.78. The molecule has 6 heteroatoms. The molecule has 0 bridgehead atoms.